The van der Waals surface area contributed by atoms with E-state index in [0.29, 0.717) is 16.6 Å². The van der Waals surface area contributed by atoms with Crippen molar-refractivity contribution in [2.75, 3.05) is 18.8 Å². The standard InChI is InChI=1S/C13H15BrFNOS/c1-13(2)8-16(5-6-18-13)12(17)10-7-9(15)3-4-11(10)14/h3-4,7H,5-6,8H2,1-2H3. The average Bonchev–Trinajstić information content (AvgIpc) is 2.30. The highest BCUT2D eigenvalue weighted by Crippen LogP contribution is 2.31. The highest BCUT2D eigenvalue weighted by atomic mass is 79.9. The molecule has 2 rings (SSSR count). The summed E-state index contributed by atoms with van der Waals surface area (Å²) in [5, 5.41) is 0. The summed E-state index contributed by atoms with van der Waals surface area (Å²) >= 11 is 5.17. The van der Waals surface area contributed by atoms with E-state index in [4.69, 9.17) is 0 Å². The smallest absolute Gasteiger partial charge is 0.255 e. The Hall–Kier alpha value is -0.550. The van der Waals surface area contributed by atoms with Crippen molar-refractivity contribution in [2.24, 2.45) is 0 Å². The number of hydrogen-bond acceptors (Lipinski definition) is 2. The average molecular weight is 332 g/mol. The first-order chi connectivity index (χ1) is 8.39. The fourth-order valence-corrected chi connectivity index (χ4v) is 3.55. The lowest BCUT2D eigenvalue weighted by Gasteiger charge is -2.37. The minimum absolute atomic E-state index is 0.0632. The van der Waals surface area contributed by atoms with Crippen LogP contribution in [-0.2, 0) is 0 Å². The van der Waals surface area contributed by atoms with Crippen molar-refractivity contribution in [3.05, 3.63) is 34.1 Å². The molecule has 1 aliphatic rings. The molecule has 0 spiro atoms. The highest BCUT2D eigenvalue weighted by molar-refractivity contribution is 9.10. The second-order valence-corrected chi connectivity index (χ2v) is 7.62. The quantitative estimate of drug-likeness (QED) is 0.784. The van der Waals surface area contributed by atoms with Gasteiger partial charge < -0.3 is 4.90 Å². The van der Waals surface area contributed by atoms with Crippen LogP contribution >= 0.6 is 27.7 Å². The monoisotopic (exact) mass is 331 g/mol. The van der Waals surface area contributed by atoms with Crippen LogP contribution in [0, 0.1) is 5.82 Å². The summed E-state index contributed by atoms with van der Waals surface area (Å²) in [6.45, 7) is 5.66. The number of hydrogen-bond donors (Lipinski definition) is 0. The zero-order valence-electron chi connectivity index (χ0n) is 10.4. The Labute approximate surface area is 119 Å². The molecule has 1 aromatic carbocycles. The van der Waals surface area contributed by atoms with Crippen LogP contribution in [0.1, 0.15) is 24.2 Å². The third-order valence-electron chi connectivity index (χ3n) is 2.87. The van der Waals surface area contributed by atoms with Gasteiger partial charge in [0.25, 0.3) is 5.91 Å². The van der Waals surface area contributed by atoms with Crippen LogP contribution in [0.4, 0.5) is 4.39 Å². The third-order valence-corrected chi connectivity index (χ3v) is 4.86. The third kappa shape index (κ3) is 3.06. The van der Waals surface area contributed by atoms with Gasteiger partial charge in [-0.1, -0.05) is 0 Å². The van der Waals surface area contributed by atoms with E-state index in [9.17, 15) is 9.18 Å². The molecule has 0 aromatic heterocycles. The van der Waals surface area contributed by atoms with Crippen molar-refractivity contribution in [3.63, 3.8) is 0 Å². The number of halogens is 2. The van der Waals surface area contributed by atoms with Crippen LogP contribution in [0.5, 0.6) is 0 Å². The Morgan fingerprint density at radius 2 is 2.22 bits per heavy atom. The second-order valence-electron chi connectivity index (χ2n) is 4.96. The van der Waals surface area contributed by atoms with Gasteiger partial charge in [0, 0.05) is 28.1 Å². The van der Waals surface area contributed by atoms with Crippen molar-refractivity contribution < 1.29 is 9.18 Å². The second kappa shape index (κ2) is 5.21. The van der Waals surface area contributed by atoms with Gasteiger partial charge >= 0.3 is 0 Å². The molecule has 0 unspecified atom stereocenters. The van der Waals surface area contributed by atoms with Crippen molar-refractivity contribution in [2.45, 2.75) is 18.6 Å². The molecule has 1 heterocycles. The maximum atomic E-state index is 13.2. The number of rotatable bonds is 1. The van der Waals surface area contributed by atoms with Gasteiger partial charge in [-0.3, -0.25) is 4.79 Å². The van der Waals surface area contributed by atoms with Crippen molar-refractivity contribution in [1.29, 1.82) is 0 Å². The fraction of sp³-hybridized carbons (Fsp3) is 0.462. The molecule has 1 aromatic rings. The molecular formula is C13H15BrFNOS. The van der Waals surface area contributed by atoms with Gasteiger partial charge in [0.05, 0.1) is 5.56 Å². The number of nitrogens with zero attached hydrogens (tertiary/aromatic N) is 1. The van der Waals surface area contributed by atoms with Crippen LogP contribution in [-0.4, -0.2) is 34.4 Å². The number of amides is 1. The molecule has 1 fully saturated rings. The van der Waals surface area contributed by atoms with E-state index >= 15 is 0 Å². The first kappa shape index (κ1) is 13.9. The van der Waals surface area contributed by atoms with Crippen LogP contribution in [0.25, 0.3) is 0 Å². The Morgan fingerprint density at radius 1 is 1.50 bits per heavy atom. The zero-order chi connectivity index (χ0) is 13.3. The van der Waals surface area contributed by atoms with Crippen LogP contribution in [0.15, 0.2) is 22.7 Å². The molecule has 1 aliphatic heterocycles. The lowest BCUT2D eigenvalue weighted by molar-refractivity contribution is 0.0746. The van der Waals surface area contributed by atoms with E-state index in [1.807, 2.05) is 11.8 Å². The molecule has 0 N–H and O–H groups in total. The summed E-state index contributed by atoms with van der Waals surface area (Å²) in [4.78, 5) is 14.2. The van der Waals surface area contributed by atoms with Crippen LogP contribution < -0.4 is 0 Å². The number of carbonyl (C=O) groups is 1. The van der Waals surface area contributed by atoms with Gasteiger partial charge in [0.15, 0.2) is 0 Å². The van der Waals surface area contributed by atoms with Crippen LogP contribution in [0.3, 0.4) is 0 Å². The molecule has 1 amide bonds. The molecule has 0 saturated carbocycles. The van der Waals surface area contributed by atoms with E-state index in [0.717, 1.165) is 12.3 Å². The zero-order valence-corrected chi connectivity index (χ0v) is 12.8. The topological polar surface area (TPSA) is 20.3 Å². The maximum absolute atomic E-state index is 13.2. The van der Waals surface area contributed by atoms with Gasteiger partial charge in [0.2, 0.25) is 0 Å². The van der Waals surface area contributed by atoms with Crippen molar-refractivity contribution in [1.82, 2.24) is 4.90 Å². The van der Waals surface area contributed by atoms with E-state index in [1.165, 1.54) is 12.1 Å². The fourth-order valence-electron chi connectivity index (χ4n) is 2.02. The van der Waals surface area contributed by atoms with Crippen LogP contribution in [0.2, 0.25) is 0 Å². The largest absolute Gasteiger partial charge is 0.336 e. The van der Waals surface area contributed by atoms with Gasteiger partial charge in [0.1, 0.15) is 5.82 Å². The number of carbonyl (C=O) groups excluding carboxylic acids is 1. The van der Waals surface area contributed by atoms with Gasteiger partial charge in [-0.2, -0.15) is 11.8 Å². The van der Waals surface area contributed by atoms with Crippen molar-refractivity contribution >= 4 is 33.6 Å². The highest BCUT2D eigenvalue weighted by Gasteiger charge is 2.30. The van der Waals surface area contributed by atoms with E-state index in [1.54, 1.807) is 11.0 Å². The Morgan fingerprint density at radius 3 is 2.89 bits per heavy atom. The van der Waals surface area contributed by atoms with Crippen molar-refractivity contribution in [3.8, 4) is 0 Å². The maximum Gasteiger partial charge on any atom is 0.255 e. The molecule has 0 atom stereocenters. The minimum Gasteiger partial charge on any atom is -0.336 e. The molecule has 5 heteroatoms. The van der Waals surface area contributed by atoms with Gasteiger partial charge in [-0.25, -0.2) is 4.39 Å². The predicted molar refractivity (Wildman–Crippen MR) is 76.5 cm³/mol. The van der Waals surface area contributed by atoms with Gasteiger partial charge in [-0.15, -0.1) is 0 Å². The lowest BCUT2D eigenvalue weighted by atomic mass is 10.1. The molecule has 0 aliphatic carbocycles. The first-order valence-electron chi connectivity index (χ1n) is 5.77. The Bertz CT molecular complexity index is 478. The molecule has 2 nitrogen and oxygen atoms in total. The predicted octanol–water partition coefficient (Wildman–Crippen LogP) is 3.56. The molecule has 1 saturated heterocycles. The van der Waals surface area contributed by atoms with E-state index < -0.39 is 0 Å². The summed E-state index contributed by atoms with van der Waals surface area (Å²) < 4.78 is 13.9. The molecule has 18 heavy (non-hydrogen) atoms. The molecular weight excluding hydrogens is 317 g/mol. The Balaban J connectivity index is 2.23. The summed E-state index contributed by atoms with van der Waals surface area (Å²) in [6, 6.07) is 4.21. The SMILES string of the molecule is CC1(C)CN(C(=O)c2cc(F)ccc2Br)CCS1. The Kier molecular flexibility index (Phi) is 4.02. The van der Waals surface area contributed by atoms with E-state index in [2.05, 4.69) is 29.8 Å². The first-order valence-corrected chi connectivity index (χ1v) is 7.55. The number of benzene rings is 1. The summed E-state index contributed by atoms with van der Waals surface area (Å²) in [6.07, 6.45) is 0. The summed E-state index contributed by atoms with van der Waals surface area (Å²) in [7, 11) is 0. The minimum atomic E-state index is -0.382. The van der Waals surface area contributed by atoms with E-state index in [-0.39, 0.29) is 16.5 Å². The molecule has 0 bridgehead atoms. The lowest BCUT2D eigenvalue weighted by Crippen LogP contribution is -2.46. The molecule has 98 valence electrons. The number of thioether (sulfide) groups is 1. The van der Waals surface area contributed by atoms with Gasteiger partial charge in [-0.05, 0) is 48.0 Å². The molecule has 0 radical (unpaired) electrons. The summed E-state index contributed by atoms with van der Waals surface area (Å²) in [5.41, 5.74) is 0.401. The normalized spacial score (nSPS) is 18.8. The summed E-state index contributed by atoms with van der Waals surface area (Å²) in [5.74, 6) is 0.438.